The van der Waals surface area contributed by atoms with E-state index >= 15 is 0 Å². The average molecular weight is 359 g/mol. The Morgan fingerprint density at radius 2 is 1.83 bits per heavy atom. The molecule has 0 saturated carbocycles. The fraction of sp³-hybridized carbons (Fsp3) is 0.222. The van der Waals surface area contributed by atoms with E-state index in [1.54, 1.807) is 0 Å². The van der Waals surface area contributed by atoms with Gasteiger partial charge in [0, 0.05) is 10.6 Å². The first-order valence-corrected chi connectivity index (χ1v) is 9.38. The van der Waals surface area contributed by atoms with Crippen LogP contribution in [0.2, 0.25) is 0 Å². The summed E-state index contributed by atoms with van der Waals surface area (Å²) < 4.78 is 0. The molecule has 3 rings (SSSR count). The third kappa shape index (κ3) is 3.05. The molecule has 0 atom stereocenters. The number of aliphatic hydroxyl groups is 1. The topological polar surface area (TPSA) is 57.6 Å². The van der Waals surface area contributed by atoms with Crippen LogP contribution in [0.1, 0.15) is 16.0 Å². The molecule has 6 heteroatoms. The molecule has 0 unspecified atom stereocenters. The number of hydrogen-bond donors (Lipinski definition) is 1. The summed E-state index contributed by atoms with van der Waals surface area (Å²) in [5.41, 5.74) is 3.03. The molecule has 4 nitrogen and oxygen atoms in total. The van der Waals surface area contributed by atoms with Crippen LogP contribution in [-0.4, -0.2) is 29.3 Å². The molecule has 1 aliphatic heterocycles. The van der Waals surface area contributed by atoms with Crippen LogP contribution in [0.15, 0.2) is 40.6 Å². The zero-order valence-corrected chi connectivity index (χ0v) is 15.0. The maximum Gasteiger partial charge on any atom is 0.272 e. The van der Waals surface area contributed by atoms with E-state index in [1.165, 1.54) is 28.0 Å². The highest BCUT2D eigenvalue weighted by atomic mass is 32.2. The zero-order valence-electron chi connectivity index (χ0n) is 13.4. The first-order chi connectivity index (χ1) is 11.5. The number of thiophene rings is 1. The van der Waals surface area contributed by atoms with Gasteiger partial charge in [0.15, 0.2) is 0 Å². The van der Waals surface area contributed by atoms with Crippen LogP contribution < -0.4 is 4.90 Å². The molecule has 0 radical (unpaired) electrons. The van der Waals surface area contributed by atoms with Crippen molar-refractivity contribution in [3.63, 3.8) is 0 Å². The third-order valence-corrected chi connectivity index (χ3v) is 5.55. The largest absolute Gasteiger partial charge is 0.396 e. The van der Waals surface area contributed by atoms with Gasteiger partial charge in [-0.1, -0.05) is 12.1 Å². The molecule has 0 saturated heterocycles. The summed E-state index contributed by atoms with van der Waals surface area (Å²) >= 11 is 2.67. The van der Waals surface area contributed by atoms with E-state index in [4.69, 9.17) is 5.11 Å². The van der Waals surface area contributed by atoms with Crippen molar-refractivity contribution in [2.24, 2.45) is 0 Å². The molecule has 1 N–H and O–H groups in total. The summed E-state index contributed by atoms with van der Waals surface area (Å²) in [5.74, 6) is -0.232. The number of benzene rings is 1. The van der Waals surface area contributed by atoms with Crippen LogP contribution in [-0.2, 0) is 9.59 Å². The van der Waals surface area contributed by atoms with Crippen LogP contribution in [0.5, 0.6) is 0 Å². The molecule has 2 amide bonds. The molecule has 2 aromatic rings. The van der Waals surface area contributed by atoms with E-state index < -0.39 is 0 Å². The van der Waals surface area contributed by atoms with E-state index in [0.29, 0.717) is 21.9 Å². The van der Waals surface area contributed by atoms with Crippen molar-refractivity contribution in [2.45, 2.75) is 13.8 Å². The van der Waals surface area contributed by atoms with E-state index in [-0.39, 0.29) is 18.4 Å². The Labute approximate surface area is 148 Å². The van der Waals surface area contributed by atoms with E-state index in [9.17, 15) is 9.59 Å². The number of rotatable bonds is 5. The first kappa shape index (κ1) is 17.0. The van der Waals surface area contributed by atoms with E-state index in [2.05, 4.69) is 0 Å². The van der Waals surface area contributed by atoms with E-state index in [1.807, 2.05) is 49.6 Å². The first-order valence-electron chi connectivity index (χ1n) is 7.52. The summed E-state index contributed by atoms with van der Waals surface area (Å²) in [6, 6.07) is 9.39. The van der Waals surface area contributed by atoms with Crippen molar-refractivity contribution in [3.05, 3.63) is 56.6 Å². The second-order valence-corrected chi connectivity index (χ2v) is 7.60. The van der Waals surface area contributed by atoms with Gasteiger partial charge in [0.2, 0.25) is 0 Å². The van der Waals surface area contributed by atoms with Crippen LogP contribution >= 0.6 is 23.1 Å². The summed E-state index contributed by atoms with van der Waals surface area (Å²) in [6.45, 7) is 3.84. The van der Waals surface area contributed by atoms with Crippen LogP contribution in [0, 0.1) is 13.8 Å². The SMILES string of the molecule is Cc1cc(C)cc(N2C(=O)C(SCCO)=C(c3cccs3)C2=O)c1. The Kier molecular flexibility index (Phi) is 4.89. The molecule has 0 spiro atoms. The highest BCUT2D eigenvalue weighted by molar-refractivity contribution is 8.04. The maximum absolute atomic E-state index is 13.0. The fourth-order valence-corrected chi connectivity index (χ4v) is 4.43. The highest BCUT2D eigenvalue weighted by Crippen LogP contribution is 2.39. The minimum Gasteiger partial charge on any atom is -0.396 e. The average Bonchev–Trinajstić information content (AvgIpc) is 3.11. The van der Waals surface area contributed by atoms with Gasteiger partial charge in [-0.2, -0.15) is 0 Å². The Morgan fingerprint density at radius 3 is 2.42 bits per heavy atom. The number of nitrogens with zero attached hydrogens (tertiary/aromatic N) is 1. The van der Waals surface area contributed by atoms with Crippen molar-refractivity contribution >= 4 is 46.2 Å². The van der Waals surface area contributed by atoms with Gasteiger partial charge in [-0.3, -0.25) is 9.59 Å². The number of thioether (sulfide) groups is 1. The zero-order chi connectivity index (χ0) is 17.3. The molecule has 2 heterocycles. The molecular formula is C18H17NO3S2. The molecule has 124 valence electrons. The Hall–Kier alpha value is -1.89. The van der Waals surface area contributed by atoms with Crippen molar-refractivity contribution < 1.29 is 14.7 Å². The summed E-state index contributed by atoms with van der Waals surface area (Å²) in [6.07, 6.45) is 0. The van der Waals surface area contributed by atoms with Crippen molar-refractivity contribution in [2.75, 3.05) is 17.3 Å². The van der Waals surface area contributed by atoms with Gasteiger partial charge in [0.05, 0.1) is 22.8 Å². The smallest absolute Gasteiger partial charge is 0.272 e. The highest BCUT2D eigenvalue weighted by Gasteiger charge is 2.40. The second-order valence-electron chi connectivity index (χ2n) is 5.55. The van der Waals surface area contributed by atoms with Gasteiger partial charge < -0.3 is 5.11 Å². The number of imide groups is 1. The van der Waals surface area contributed by atoms with E-state index in [0.717, 1.165) is 16.0 Å². The number of carbonyl (C=O) groups excluding carboxylic acids is 2. The molecular weight excluding hydrogens is 342 g/mol. The van der Waals surface area contributed by atoms with Crippen molar-refractivity contribution in [1.82, 2.24) is 0 Å². The molecule has 1 aromatic carbocycles. The van der Waals surface area contributed by atoms with Crippen LogP contribution in [0.3, 0.4) is 0 Å². The standard InChI is InChI=1S/C18H17NO3S2/c1-11-8-12(2)10-13(9-11)19-17(21)15(14-4-3-6-23-14)16(18(19)22)24-7-5-20/h3-4,6,8-10,20H,5,7H2,1-2H3. The molecule has 0 aliphatic carbocycles. The lowest BCUT2D eigenvalue weighted by atomic mass is 10.1. The minimum absolute atomic E-state index is 0.0447. The van der Waals surface area contributed by atoms with Gasteiger partial charge in [-0.05, 0) is 48.6 Å². The molecule has 0 fully saturated rings. The monoisotopic (exact) mass is 359 g/mol. The Morgan fingerprint density at radius 1 is 1.12 bits per heavy atom. The molecule has 1 aliphatic rings. The predicted molar refractivity (Wildman–Crippen MR) is 99.2 cm³/mol. The van der Waals surface area contributed by atoms with Gasteiger partial charge >= 0.3 is 0 Å². The molecule has 1 aromatic heterocycles. The summed E-state index contributed by atoms with van der Waals surface area (Å²) in [7, 11) is 0. The third-order valence-electron chi connectivity index (χ3n) is 3.61. The number of aliphatic hydroxyl groups excluding tert-OH is 1. The lowest BCUT2D eigenvalue weighted by Gasteiger charge is -2.16. The summed E-state index contributed by atoms with van der Waals surface area (Å²) in [4.78, 5) is 28.3. The molecule has 24 heavy (non-hydrogen) atoms. The number of carbonyl (C=O) groups is 2. The van der Waals surface area contributed by atoms with Gasteiger partial charge in [0.25, 0.3) is 11.8 Å². The van der Waals surface area contributed by atoms with Gasteiger partial charge in [0.1, 0.15) is 0 Å². The Balaban J connectivity index is 2.07. The summed E-state index contributed by atoms with van der Waals surface area (Å²) in [5, 5.41) is 11.0. The Bertz CT molecular complexity index is 805. The molecule has 0 bridgehead atoms. The number of amides is 2. The lowest BCUT2D eigenvalue weighted by molar-refractivity contribution is -0.119. The lowest BCUT2D eigenvalue weighted by Crippen LogP contribution is -2.31. The van der Waals surface area contributed by atoms with Crippen molar-refractivity contribution in [3.8, 4) is 0 Å². The number of aryl methyl sites for hydroxylation is 2. The minimum atomic E-state index is -0.313. The van der Waals surface area contributed by atoms with Crippen molar-refractivity contribution in [1.29, 1.82) is 0 Å². The van der Waals surface area contributed by atoms with Crippen LogP contribution in [0.4, 0.5) is 5.69 Å². The quantitative estimate of drug-likeness (QED) is 0.832. The number of hydrogen-bond acceptors (Lipinski definition) is 5. The maximum atomic E-state index is 13.0. The fourth-order valence-electron chi connectivity index (χ4n) is 2.74. The van der Waals surface area contributed by atoms with Gasteiger partial charge in [-0.15, -0.1) is 23.1 Å². The van der Waals surface area contributed by atoms with Crippen LogP contribution in [0.25, 0.3) is 5.57 Å². The normalized spacial score (nSPS) is 14.9. The number of anilines is 1. The predicted octanol–water partition coefficient (Wildman–Crippen LogP) is 3.37. The van der Waals surface area contributed by atoms with Gasteiger partial charge in [-0.25, -0.2) is 4.90 Å². The second kappa shape index (κ2) is 6.93.